The summed E-state index contributed by atoms with van der Waals surface area (Å²) in [4.78, 5) is 23.1. The van der Waals surface area contributed by atoms with Crippen molar-refractivity contribution in [3.05, 3.63) is 23.3 Å². The topological polar surface area (TPSA) is 71.1 Å². The molecule has 0 aliphatic carbocycles. The summed E-state index contributed by atoms with van der Waals surface area (Å²) in [6.07, 6.45) is 1.42. The Labute approximate surface area is 123 Å². The average molecular weight is 294 g/mol. The summed E-state index contributed by atoms with van der Waals surface area (Å²) in [6.45, 7) is 1.29. The lowest BCUT2D eigenvalue weighted by Crippen LogP contribution is -2.11. The van der Waals surface area contributed by atoms with Crippen LogP contribution < -0.4 is 14.2 Å². The van der Waals surface area contributed by atoms with Gasteiger partial charge in [0, 0.05) is 0 Å². The molecule has 0 bridgehead atoms. The highest BCUT2D eigenvalue weighted by Gasteiger charge is 2.17. The fourth-order valence-electron chi connectivity index (χ4n) is 1.77. The van der Waals surface area contributed by atoms with E-state index >= 15 is 0 Å². The fraction of sp³-hybridized carbons (Fsp3) is 0.333. The van der Waals surface area contributed by atoms with E-state index in [1.165, 1.54) is 41.4 Å². The van der Waals surface area contributed by atoms with Crippen LogP contribution in [-0.2, 0) is 14.3 Å². The molecule has 21 heavy (non-hydrogen) atoms. The van der Waals surface area contributed by atoms with Gasteiger partial charge in [-0.15, -0.1) is 0 Å². The van der Waals surface area contributed by atoms with Gasteiger partial charge in [-0.25, -0.2) is 4.79 Å². The molecule has 0 aliphatic heterocycles. The van der Waals surface area contributed by atoms with E-state index < -0.39 is 11.8 Å². The number of ketones is 1. The molecule has 0 fully saturated rings. The molecule has 0 saturated heterocycles. The molecule has 1 aromatic carbocycles. The Kier molecular flexibility index (Phi) is 5.78. The van der Waals surface area contributed by atoms with E-state index in [2.05, 4.69) is 4.74 Å². The van der Waals surface area contributed by atoms with Crippen LogP contribution in [0.4, 0.5) is 0 Å². The lowest BCUT2D eigenvalue weighted by molar-refractivity contribution is -0.137. The summed E-state index contributed by atoms with van der Waals surface area (Å²) < 4.78 is 20.2. The Balaban J connectivity index is 3.42. The number of carbonyl (C=O) groups is 2. The first-order chi connectivity index (χ1) is 9.98. The van der Waals surface area contributed by atoms with Crippen molar-refractivity contribution in [3.63, 3.8) is 0 Å². The van der Waals surface area contributed by atoms with Crippen LogP contribution in [0, 0.1) is 0 Å². The Morgan fingerprint density at radius 3 is 1.81 bits per heavy atom. The first kappa shape index (κ1) is 16.6. The van der Waals surface area contributed by atoms with Gasteiger partial charge in [0.1, 0.15) is 5.57 Å². The molecule has 6 heteroatoms. The number of hydrogen-bond donors (Lipinski definition) is 0. The summed E-state index contributed by atoms with van der Waals surface area (Å²) >= 11 is 0. The molecule has 0 atom stereocenters. The average Bonchev–Trinajstić information content (AvgIpc) is 2.50. The highest BCUT2D eigenvalue weighted by molar-refractivity contribution is 6.19. The van der Waals surface area contributed by atoms with Crippen LogP contribution in [0.3, 0.4) is 0 Å². The van der Waals surface area contributed by atoms with Gasteiger partial charge in [0.05, 0.1) is 28.4 Å². The molecule has 1 rings (SSSR count). The second-order valence-electron chi connectivity index (χ2n) is 4.06. The summed E-state index contributed by atoms with van der Waals surface area (Å²) in [5, 5.41) is 0. The van der Waals surface area contributed by atoms with Crippen molar-refractivity contribution < 1.29 is 28.5 Å². The largest absolute Gasteiger partial charge is 0.493 e. The number of methoxy groups -OCH3 is 4. The lowest BCUT2D eigenvalue weighted by Gasteiger charge is -2.13. The van der Waals surface area contributed by atoms with Crippen molar-refractivity contribution in [2.24, 2.45) is 0 Å². The molecule has 0 aliphatic rings. The van der Waals surface area contributed by atoms with Crippen LogP contribution in [0.25, 0.3) is 6.08 Å². The van der Waals surface area contributed by atoms with Gasteiger partial charge >= 0.3 is 5.97 Å². The second-order valence-corrected chi connectivity index (χ2v) is 4.06. The molecule has 6 nitrogen and oxygen atoms in total. The maximum absolute atomic E-state index is 11.6. The zero-order valence-corrected chi connectivity index (χ0v) is 12.7. The third-order valence-corrected chi connectivity index (χ3v) is 2.78. The number of esters is 1. The second kappa shape index (κ2) is 7.33. The molecule has 1 aromatic rings. The maximum atomic E-state index is 11.6. The molecule has 0 radical (unpaired) electrons. The number of Topliss-reactive ketones (excluding diaryl/α,β-unsaturated/α-hetero) is 1. The van der Waals surface area contributed by atoms with Gasteiger partial charge in [0.25, 0.3) is 0 Å². The predicted molar refractivity (Wildman–Crippen MR) is 76.8 cm³/mol. The van der Waals surface area contributed by atoms with E-state index in [4.69, 9.17) is 14.2 Å². The monoisotopic (exact) mass is 294 g/mol. The van der Waals surface area contributed by atoms with Crippen molar-refractivity contribution >= 4 is 17.8 Å². The van der Waals surface area contributed by atoms with Gasteiger partial charge in [-0.3, -0.25) is 4.79 Å². The molecule has 0 amide bonds. The van der Waals surface area contributed by atoms with Crippen molar-refractivity contribution in [2.45, 2.75) is 6.92 Å². The Bertz CT molecular complexity index is 549. The third kappa shape index (κ3) is 3.75. The molecule has 114 valence electrons. The van der Waals surface area contributed by atoms with Crippen LogP contribution in [0.2, 0.25) is 0 Å². The number of benzene rings is 1. The minimum atomic E-state index is -0.698. The maximum Gasteiger partial charge on any atom is 0.341 e. The van der Waals surface area contributed by atoms with Crippen molar-refractivity contribution in [3.8, 4) is 17.2 Å². The number of ether oxygens (including phenoxy) is 4. The fourth-order valence-corrected chi connectivity index (χ4v) is 1.77. The Hall–Kier alpha value is -2.50. The van der Waals surface area contributed by atoms with E-state index in [-0.39, 0.29) is 5.57 Å². The Morgan fingerprint density at radius 2 is 1.48 bits per heavy atom. The third-order valence-electron chi connectivity index (χ3n) is 2.78. The molecule has 0 spiro atoms. The Morgan fingerprint density at radius 1 is 0.952 bits per heavy atom. The summed E-state index contributed by atoms with van der Waals surface area (Å²) in [6, 6.07) is 3.26. The van der Waals surface area contributed by atoms with Gasteiger partial charge < -0.3 is 18.9 Å². The van der Waals surface area contributed by atoms with Gasteiger partial charge in [-0.2, -0.15) is 0 Å². The minimum absolute atomic E-state index is 0.0632. The first-order valence-electron chi connectivity index (χ1n) is 6.09. The number of hydrogen-bond acceptors (Lipinski definition) is 6. The number of carbonyl (C=O) groups excluding carboxylic acids is 2. The zero-order valence-electron chi connectivity index (χ0n) is 12.7. The highest BCUT2D eigenvalue weighted by Crippen LogP contribution is 2.38. The van der Waals surface area contributed by atoms with Crippen LogP contribution >= 0.6 is 0 Å². The molecular weight excluding hydrogens is 276 g/mol. The van der Waals surface area contributed by atoms with Crippen LogP contribution in [0.1, 0.15) is 12.5 Å². The predicted octanol–water partition coefficient (Wildman–Crippen LogP) is 1.86. The smallest absolute Gasteiger partial charge is 0.341 e. The lowest BCUT2D eigenvalue weighted by atomic mass is 10.1. The summed E-state index contributed by atoms with van der Waals surface area (Å²) in [5.41, 5.74) is 0.492. The molecule has 0 N–H and O–H groups in total. The molecule has 0 aromatic heterocycles. The van der Waals surface area contributed by atoms with Crippen LogP contribution in [-0.4, -0.2) is 40.2 Å². The van der Waals surface area contributed by atoms with E-state index in [0.29, 0.717) is 22.8 Å². The molecular formula is C15H18O6. The van der Waals surface area contributed by atoms with Crippen molar-refractivity contribution in [1.29, 1.82) is 0 Å². The van der Waals surface area contributed by atoms with Gasteiger partial charge in [-0.1, -0.05) is 0 Å². The van der Waals surface area contributed by atoms with Crippen molar-refractivity contribution in [1.82, 2.24) is 0 Å². The number of rotatable bonds is 6. The van der Waals surface area contributed by atoms with Gasteiger partial charge in [0.15, 0.2) is 17.3 Å². The molecule has 0 unspecified atom stereocenters. The van der Waals surface area contributed by atoms with Crippen molar-refractivity contribution in [2.75, 3.05) is 28.4 Å². The summed E-state index contributed by atoms with van der Waals surface area (Å²) in [5.74, 6) is 0.193. The normalized spacial score (nSPS) is 10.8. The van der Waals surface area contributed by atoms with E-state index in [9.17, 15) is 9.59 Å². The minimum Gasteiger partial charge on any atom is -0.493 e. The van der Waals surface area contributed by atoms with E-state index in [1.54, 1.807) is 12.1 Å². The highest BCUT2D eigenvalue weighted by atomic mass is 16.5. The zero-order chi connectivity index (χ0) is 16.0. The first-order valence-corrected chi connectivity index (χ1v) is 6.09. The molecule has 0 saturated carbocycles. The van der Waals surface area contributed by atoms with E-state index in [0.717, 1.165) is 0 Å². The van der Waals surface area contributed by atoms with Gasteiger partial charge in [0.2, 0.25) is 5.75 Å². The standard InChI is InChI=1S/C15H18O6/c1-9(16)11(15(17)21-5)6-10-7-12(18-2)14(20-4)13(8-10)19-3/h6-8H,1-5H3/b11-6-. The van der Waals surface area contributed by atoms with Gasteiger partial charge in [-0.05, 0) is 30.7 Å². The SMILES string of the molecule is COC(=O)/C(=C\c1cc(OC)c(OC)c(OC)c1)C(C)=O. The quantitative estimate of drug-likeness (QED) is 0.345. The van der Waals surface area contributed by atoms with Crippen LogP contribution in [0.15, 0.2) is 17.7 Å². The summed E-state index contributed by atoms with van der Waals surface area (Å²) in [7, 11) is 5.67. The molecule has 0 heterocycles. The van der Waals surface area contributed by atoms with E-state index in [1.807, 2.05) is 0 Å². The van der Waals surface area contributed by atoms with Crippen LogP contribution in [0.5, 0.6) is 17.2 Å².